The topological polar surface area (TPSA) is 43.4 Å². The number of rotatable bonds is 5. The van der Waals surface area contributed by atoms with Gasteiger partial charge in [0.05, 0.1) is 6.61 Å². The van der Waals surface area contributed by atoms with Crippen molar-refractivity contribution >= 4 is 11.8 Å². The van der Waals surface area contributed by atoms with Crippen LogP contribution < -0.4 is 0 Å². The number of ether oxygens (including phenoxy) is 1. The molecule has 2 bridgehead atoms. The van der Waals surface area contributed by atoms with Crippen molar-refractivity contribution in [1.82, 2.24) is 0 Å². The summed E-state index contributed by atoms with van der Waals surface area (Å²) in [5.41, 5.74) is 3.69. The highest BCUT2D eigenvalue weighted by Gasteiger charge is 2.60. The minimum atomic E-state index is -0.886. The number of carbonyl (C=O) groups is 2. The van der Waals surface area contributed by atoms with E-state index in [1.165, 1.54) is 5.56 Å². The van der Waals surface area contributed by atoms with Gasteiger partial charge >= 0.3 is 5.97 Å². The Hall–Kier alpha value is -1.64. The Balaban J connectivity index is 1.92. The number of esters is 1. The van der Waals surface area contributed by atoms with E-state index in [4.69, 9.17) is 4.74 Å². The second kappa shape index (κ2) is 6.34. The van der Waals surface area contributed by atoms with E-state index in [2.05, 4.69) is 32.9 Å². The van der Waals surface area contributed by atoms with Crippen molar-refractivity contribution in [2.24, 2.45) is 17.3 Å². The van der Waals surface area contributed by atoms with Crippen LogP contribution in [-0.2, 0) is 20.7 Å². The number of aryl methyl sites for hydroxylation is 3. The van der Waals surface area contributed by atoms with E-state index in [-0.39, 0.29) is 17.7 Å². The average molecular weight is 328 g/mol. The highest BCUT2D eigenvalue weighted by atomic mass is 16.5. The van der Waals surface area contributed by atoms with Gasteiger partial charge in [-0.25, -0.2) is 0 Å². The highest BCUT2D eigenvalue weighted by Crippen LogP contribution is 2.57. The van der Waals surface area contributed by atoms with Crippen LogP contribution in [0.4, 0.5) is 0 Å². The van der Waals surface area contributed by atoms with Gasteiger partial charge in [-0.1, -0.05) is 24.1 Å². The molecule has 0 N–H and O–H groups in total. The predicted octanol–water partition coefficient (Wildman–Crippen LogP) is 4.09. The van der Waals surface area contributed by atoms with Crippen LogP contribution in [0, 0.1) is 38.0 Å². The molecule has 1 aromatic carbocycles. The van der Waals surface area contributed by atoms with Crippen LogP contribution in [0.3, 0.4) is 0 Å². The van der Waals surface area contributed by atoms with Gasteiger partial charge in [0.15, 0.2) is 5.78 Å². The van der Waals surface area contributed by atoms with E-state index < -0.39 is 5.41 Å². The summed E-state index contributed by atoms with van der Waals surface area (Å²) >= 11 is 0. The SMILES string of the molecule is CCOC(=O)C1(C(=O)Cc2c(C)cc(C)cc2C)CC2CCC1C2. The molecule has 0 spiro atoms. The summed E-state index contributed by atoms with van der Waals surface area (Å²) in [5, 5.41) is 0. The molecule has 1 aromatic rings. The Labute approximate surface area is 144 Å². The van der Waals surface area contributed by atoms with Crippen LogP contribution in [-0.4, -0.2) is 18.4 Å². The van der Waals surface area contributed by atoms with E-state index in [9.17, 15) is 9.59 Å². The first-order valence-electron chi connectivity index (χ1n) is 9.15. The maximum atomic E-state index is 13.3. The fraction of sp³-hybridized carbons (Fsp3) is 0.619. The van der Waals surface area contributed by atoms with Gasteiger partial charge in [0, 0.05) is 6.42 Å². The summed E-state index contributed by atoms with van der Waals surface area (Å²) in [4.78, 5) is 26.1. The van der Waals surface area contributed by atoms with E-state index >= 15 is 0 Å². The molecule has 3 nitrogen and oxygen atoms in total. The number of carbonyl (C=O) groups excluding carboxylic acids is 2. The highest BCUT2D eigenvalue weighted by molar-refractivity contribution is 6.05. The summed E-state index contributed by atoms with van der Waals surface area (Å²) < 4.78 is 5.36. The number of ketones is 1. The third kappa shape index (κ3) is 2.68. The standard InChI is InChI=1S/C21H28O3/c1-5-24-20(23)21(12-16-6-7-17(21)10-16)19(22)11-18-14(3)8-13(2)9-15(18)4/h8-9,16-17H,5-7,10-12H2,1-4H3. The second-order valence-corrected chi connectivity index (χ2v) is 7.75. The molecule has 2 fully saturated rings. The number of hydrogen-bond acceptors (Lipinski definition) is 3. The summed E-state index contributed by atoms with van der Waals surface area (Å²) in [7, 11) is 0. The van der Waals surface area contributed by atoms with Gasteiger partial charge < -0.3 is 4.74 Å². The molecule has 130 valence electrons. The van der Waals surface area contributed by atoms with Crippen LogP contribution in [0.2, 0.25) is 0 Å². The van der Waals surface area contributed by atoms with E-state index in [1.54, 1.807) is 0 Å². The van der Waals surface area contributed by atoms with Crippen LogP contribution in [0.25, 0.3) is 0 Å². The molecular formula is C21H28O3. The molecule has 2 aliphatic rings. The van der Waals surface area contributed by atoms with Crippen molar-refractivity contribution in [2.75, 3.05) is 6.61 Å². The Morgan fingerprint density at radius 3 is 2.33 bits per heavy atom. The van der Waals surface area contributed by atoms with Gasteiger partial charge in [-0.05, 0) is 75.5 Å². The summed E-state index contributed by atoms with van der Waals surface area (Å²) in [6.45, 7) is 8.34. The van der Waals surface area contributed by atoms with Gasteiger partial charge in [-0.15, -0.1) is 0 Å². The van der Waals surface area contributed by atoms with Crippen molar-refractivity contribution in [1.29, 1.82) is 0 Å². The normalized spacial score (nSPS) is 28.2. The zero-order valence-electron chi connectivity index (χ0n) is 15.3. The number of hydrogen-bond donors (Lipinski definition) is 0. The van der Waals surface area contributed by atoms with Crippen molar-refractivity contribution in [3.63, 3.8) is 0 Å². The van der Waals surface area contributed by atoms with Crippen molar-refractivity contribution in [2.45, 2.75) is 59.8 Å². The van der Waals surface area contributed by atoms with Crippen LogP contribution in [0.1, 0.15) is 54.9 Å². The van der Waals surface area contributed by atoms with Gasteiger partial charge in [0.1, 0.15) is 5.41 Å². The molecule has 3 unspecified atom stereocenters. The molecule has 0 aromatic heterocycles. The molecule has 2 saturated carbocycles. The quantitative estimate of drug-likeness (QED) is 0.604. The maximum absolute atomic E-state index is 13.3. The lowest BCUT2D eigenvalue weighted by atomic mass is 9.68. The summed E-state index contributed by atoms with van der Waals surface area (Å²) in [6.07, 6.45) is 4.19. The molecular weight excluding hydrogens is 300 g/mol. The molecule has 0 amide bonds. The zero-order chi connectivity index (χ0) is 17.5. The third-order valence-electron chi connectivity index (χ3n) is 6.16. The van der Waals surface area contributed by atoms with E-state index in [0.717, 1.165) is 36.0 Å². The third-order valence-corrected chi connectivity index (χ3v) is 6.16. The molecule has 3 rings (SSSR count). The van der Waals surface area contributed by atoms with Crippen molar-refractivity contribution in [3.05, 3.63) is 34.4 Å². The molecule has 0 aliphatic heterocycles. The smallest absolute Gasteiger partial charge is 0.319 e. The summed E-state index contributed by atoms with van der Waals surface area (Å²) in [5.74, 6) is 0.497. The molecule has 24 heavy (non-hydrogen) atoms. The van der Waals surface area contributed by atoms with Gasteiger partial charge in [0.2, 0.25) is 0 Å². The Morgan fingerprint density at radius 1 is 1.17 bits per heavy atom. The lowest BCUT2D eigenvalue weighted by molar-refractivity contribution is -0.164. The molecule has 0 heterocycles. The fourth-order valence-electron chi connectivity index (χ4n) is 5.10. The van der Waals surface area contributed by atoms with E-state index in [1.807, 2.05) is 6.92 Å². The van der Waals surface area contributed by atoms with Crippen molar-refractivity contribution < 1.29 is 14.3 Å². The lowest BCUT2D eigenvalue weighted by Crippen LogP contribution is -2.46. The van der Waals surface area contributed by atoms with Gasteiger partial charge in [0.25, 0.3) is 0 Å². The maximum Gasteiger partial charge on any atom is 0.319 e. The Morgan fingerprint density at radius 2 is 1.83 bits per heavy atom. The lowest BCUT2D eigenvalue weighted by Gasteiger charge is -2.34. The summed E-state index contributed by atoms with van der Waals surface area (Å²) in [6, 6.07) is 4.24. The van der Waals surface area contributed by atoms with Gasteiger partial charge in [-0.3, -0.25) is 9.59 Å². The molecule has 3 atom stereocenters. The first-order valence-corrected chi connectivity index (χ1v) is 9.15. The van der Waals surface area contributed by atoms with Crippen molar-refractivity contribution in [3.8, 4) is 0 Å². The Kier molecular flexibility index (Phi) is 4.54. The zero-order valence-corrected chi connectivity index (χ0v) is 15.3. The molecule has 2 aliphatic carbocycles. The van der Waals surface area contributed by atoms with Crippen LogP contribution in [0.15, 0.2) is 12.1 Å². The van der Waals surface area contributed by atoms with Crippen LogP contribution in [0.5, 0.6) is 0 Å². The second-order valence-electron chi connectivity index (χ2n) is 7.75. The predicted molar refractivity (Wildman–Crippen MR) is 93.9 cm³/mol. The number of fused-ring (bicyclic) bond motifs is 2. The van der Waals surface area contributed by atoms with Gasteiger partial charge in [-0.2, -0.15) is 0 Å². The molecule has 3 heteroatoms. The monoisotopic (exact) mass is 328 g/mol. The number of Topliss-reactive ketones (excluding diaryl/α,β-unsaturated/α-hetero) is 1. The first-order chi connectivity index (χ1) is 11.4. The molecule has 0 saturated heterocycles. The number of benzene rings is 1. The van der Waals surface area contributed by atoms with E-state index in [0.29, 0.717) is 25.4 Å². The largest absolute Gasteiger partial charge is 0.465 e. The minimum Gasteiger partial charge on any atom is -0.465 e. The van der Waals surface area contributed by atoms with Crippen LogP contribution >= 0.6 is 0 Å². The molecule has 0 radical (unpaired) electrons. The Bertz CT molecular complexity index is 653. The fourth-order valence-corrected chi connectivity index (χ4v) is 5.10. The average Bonchev–Trinajstić information content (AvgIpc) is 3.12. The first kappa shape index (κ1) is 17.2. The minimum absolute atomic E-state index is 0.0724.